The summed E-state index contributed by atoms with van der Waals surface area (Å²) >= 11 is 0. The molecule has 0 aliphatic carbocycles. The van der Waals surface area contributed by atoms with Gasteiger partial charge in [-0.1, -0.05) is 13.3 Å². The summed E-state index contributed by atoms with van der Waals surface area (Å²) in [6.45, 7) is 2.07. The summed E-state index contributed by atoms with van der Waals surface area (Å²) in [5, 5.41) is 0. The molecule has 82 valence electrons. The monoisotopic (exact) mass is 210 g/mol. The Morgan fingerprint density at radius 2 is 2.13 bits per heavy atom. The first kappa shape index (κ1) is 11.7. The van der Waals surface area contributed by atoms with Gasteiger partial charge in [0.25, 0.3) is 0 Å². The van der Waals surface area contributed by atoms with E-state index < -0.39 is 5.97 Å². The second-order valence-electron chi connectivity index (χ2n) is 3.44. The van der Waals surface area contributed by atoms with Gasteiger partial charge in [0.1, 0.15) is 5.82 Å². The number of hydrogen-bond donors (Lipinski definition) is 0. The summed E-state index contributed by atoms with van der Waals surface area (Å²) in [6.07, 6.45) is 2.83. The molecule has 0 bridgehead atoms. The molecule has 3 heteroatoms. The predicted molar refractivity (Wildman–Crippen MR) is 56.4 cm³/mol. The number of carbonyl (C=O) groups excluding carboxylic acids is 1. The van der Waals surface area contributed by atoms with Gasteiger partial charge in [-0.15, -0.1) is 0 Å². The third-order valence-electron chi connectivity index (χ3n) is 2.20. The van der Waals surface area contributed by atoms with Crippen LogP contribution in [0.5, 0.6) is 0 Å². The highest BCUT2D eigenvalue weighted by Gasteiger charge is 2.08. The third-order valence-corrected chi connectivity index (χ3v) is 2.20. The van der Waals surface area contributed by atoms with Crippen molar-refractivity contribution < 1.29 is 13.9 Å². The van der Waals surface area contributed by atoms with E-state index in [9.17, 15) is 9.18 Å². The Kier molecular flexibility index (Phi) is 4.28. The van der Waals surface area contributed by atoms with E-state index in [4.69, 9.17) is 0 Å². The molecule has 0 radical (unpaired) electrons. The molecule has 0 fully saturated rings. The van der Waals surface area contributed by atoms with Crippen molar-refractivity contribution >= 4 is 5.97 Å². The van der Waals surface area contributed by atoms with E-state index in [1.165, 1.54) is 19.2 Å². The van der Waals surface area contributed by atoms with Crippen molar-refractivity contribution in [2.24, 2.45) is 0 Å². The average molecular weight is 210 g/mol. The van der Waals surface area contributed by atoms with Crippen molar-refractivity contribution in [3.05, 3.63) is 35.1 Å². The number of ether oxygens (including phenoxy) is 1. The maximum Gasteiger partial charge on any atom is 0.337 e. The molecule has 1 aromatic carbocycles. The lowest BCUT2D eigenvalue weighted by Crippen LogP contribution is -2.03. The highest BCUT2D eigenvalue weighted by atomic mass is 19.1. The summed E-state index contributed by atoms with van der Waals surface area (Å²) < 4.78 is 17.7. The Balaban J connectivity index is 2.89. The molecule has 0 saturated heterocycles. The van der Waals surface area contributed by atoms with Crippen molar-refractivity contribution in [1.82, 2.24) is 0 Å². The largest absolute Gasteiger partial charge is 0.465 e. The fourth-order valence-corrected chi connectivity index (χ4v) is 1.41. The maximum absolute atomic E-state index is 13.1. The van der Waals surface area contributed by atoms with Crippen LogP contribution in [0.3, 0.4) is 0 Å². The molecule has 0 heterocycles. The van der Waals surface area contributed by atoms with E-state index in [-0.39, 0.29) is 11.4 Å². The van der Waals surface area contributed by atoms with Gasteiger partial charge in [0.2, 0.25) is 0 Å². The first-order chi connectivity index (χ1) is 7.17. The predicted octanol–water partition coefficient (Wildman–Crippen LogP) is 2.95. The standard InChI is InChI=1S/C12H15FO2/c1-3-4-5-9-6-10(12(14)15-2)8-11(13)7-9/h6-8H,3-5H2,1-2H3. The van der Waals surface area contributed by atoms with Crippen LogP contribution in [0.15, 0.2) is 18.2 Å². The number of benzene rings is 1. The molecule has 0 unspecified atom stereocenters. The Labute approximate surface area is 89.1 Å². The normalized spacial score (nSPS) is 10.1. The average Bonchev–Trinajstić information content (AvgIpc) is 2.24. The fraction of sp³-hybridized carbons (Fsp3) is 0.417. The van der Waals surface area contributed by atoms with Crippen molar-refractivity contribution in [3.8, 4) is 0 Å². The van der Waals surface area contributed by atoms with Crippen LogP contribution in [0.25, 0.3) is 0 Å². The lowest BCUT2D eigenvalue weighted by atomic mass is 10.1. The zero-order chi connectivity index (χ0) is 11.3. The van der Waals surface area contributed by atoms with Crippen LogP contribution in [-0.2, 0) is 11.2 Å². The summed E-state index contributed by atoms with van der Waals surface area (Å²) in [4.78, 5) is 11.2. The minimum absolute atomic E-state index is 0.281. The maximum atomic E-state index is 13.1. The van der Waals surface area contributed by atoms with Crippen molar-refractivity contribution in [2.45, 2.75) is 26.2 Å². The van der Waals surface area contributed by atoms with E-state index in [0.29, 0.717) is 0 Å². The van der Waals surface area contributed by atoms with Crippen molar-refractivity contribution in [1.29, 1.82) is 0 Å². The van der Waals surface area contributed by atoms with E-state index in [1.807, 2.05) is 0 Å². The Morgan fingerprint density at radius 3 is 2.73 bits per heavy atom. The molecule has 0 aromatic heterocycles. The highest BCUT2D eigenvalue weighted by molar-refractivity contribution is 5.89. The van der Waals surface area contributed by atoms with Gasteiger partial charge in [0.05, 0.1) is 12.7 Å². The number of unbranched alkanes of at least 4 members (excludes halogenated alkanes) is 1. The van der Waals surface area contributed by atoms with Crippen LogP contribution in [0, 0.1) is 5.82 Å². The van der Waals surface area contributed by atoms with Crippen LogP contribution in [-0.4, -0.2) is 13.1 Å². The van der Waals surface area contributed by atoms with Gasteiger partial charge in [0.15, 0.2) is 0 Å². The number of aryl methyl sites for hydroxylation is 1. The van der Waals surface area contributed by atoms with Gasteiger partial charge in [-0.05, 0) is 36.6 Å². The van der Waals surface area contributed by atoms with E-state index >= 15 is 0 Å². The number of halogens is 1. The van der Waals surface area contributed by atoms with Gasteiger partial charge >= 0.3 is 5.97 Å². The molecule has 0 N–H and O–H groups in total. The summed E-state index contributed by atoms with van der Waals surface area (Å²) in [6, 6.07) is 4.34. The van der Waals surface area contributed by atoms with E-state index in [0.717, 1.165) is 24.8 Å². The van der Waals surface area contributed by atoms with Crippen LogP contribution in [0.1, 0.15) is 35.7 Å². The van der Waals surface area contributed by atoms with Crippen molar-refractivity contribution in [2.75, 3.05) is 7.11 Å². The number of carbonyl (C=O) groups is 1. The number of rotatable bonds is 4. The Hall–Kier alpha value is -1.38. The molecule has 15 heavy (non-hydrogen) atoms. The Bertz CT molecular complexity index is 347. The fourth-order valence-electron chi connectivity index (χ4n) is 1.41. The molecule has 1 aromatic rings. The molecule has 0 amide bonds. The molecular formula is C12H15FO2. The van der Waals surface area contributed by atoms with Crippen LogP contribution >= 0.6 is 0 Å². The smallest absolute Gasteiger partial charge is 0.337 e. The number of hydrogen-bond acceptors (Lipinski definition) is 2. The molecule has 0 spiro atoms. The molecule has 0 saturated carbocycles. The van der Waals surface area contributed by atoms with E-state index in [2.05, 4.69) is 11.7 Å². The highest BCUT2D eigenvalue weighted by Crippen LogP contribution is 2.12. The van der Waals surface area contributed by atoms with Gasteiger partial charge < -0.3 is 4.74 Å². The molecule has 0 aliphatic heterocycles. The second kappa shape index (κ2) is 5.49. The van der Waals surface area contributed by atoms with Gasteiger partial charge in [-0.2, -0.15) is 0 Å². The summed E-state index contributed by atoms with van der Waals surface area (Å²) in [7, 11) is 1.29. The van der Waals surface area contributed by atoms with Crippen LogP contribution in [0.4, 0.5) is 4.39 Å². The third kappa shape index (κ3) is 3.35. The van der Waals surface area contributed by atoms with Gasteiger partial charge in [-0.25, -0.2) is 9.18 Å². The lowest BCUT2D eigenvalue weighted by molar-refractivity contribution is 0.0600. The number of methoxy groups -OCH3 is 1. The van der Waals surface area contributed by atoms with E-state index in [1.54, 1.807) is 6.07 Å². The number of esters is 1. The zero-order valence-corrected chi connectivity index (χ0v) is 9.05. The molecule has 1 rings (SSSR count). The zero-order valence-electron chi connectivity index (χ0n) is 9.05. The topological polar surface area (TPSA) is 26.3 Å². The minimum atomic E-state index is -0.493. The first-order valence-corrected chi connectivity index (χ1v) is 5.05. The molecule has 0 atom stereocenters. The SMILES string of the molecule is CCCCc1cc(F)cc(C(=O)OC)c1. The lowest BCUT2D eigenvalue weighted by Gasteiger charge is -2.04. The molecule has 0 aliphatic rings. The van der Waals surface area contributed by atoms with Gasteiger partial charge in [-0.3, -0.25) is 0 Å². The molecular weight excluding hydrogens is 195 g/mol. The van der Waals surface area contributed by atoms with Crippen molar-refractivity contribution in [3.63, 3.8) is 0 Å². The molecule has 2 nitrogen and oxygen atoms in total. The second-order valence-corrected chi connectivity index (χ2v) is 3.44. The van der Waals surface area contributed by atoms with Gasteiger partial charge in [0, 0.05) is 0 Å². The van der Waals surface area contributed by atoms with Crippen LogP contribution < -0.4 is 0 Å². The van der Waals surface area contributed by atoms with Crippen LogP contribution in [0.2, 0.25) is 0 Å². The first-order valence-electron chi connectivity index (χ1n) is 5.05. The Morgan fingerprint density at radius 1 is 1.40 bits per heavy atom. The quantitative estimate of drug-likeness (QED) is 0.714. The summed E-state index contributed by atoms with van der Waals surface area (Å²) in [5.74, 6) is -0.878. The minimum Gasteiger partial charge on any atom is -0.465 e. The summed E-state index contributed by atoms with van der Waals surface area (Å²) in [5.41, 5.74) is 1.13.